The lowest BCUT2D eigenvalue weighted by molar-refractivity contribution is -0.141. The molecule has 3 aliphatic heterocycles. The van der Waals surface area contributed by atoms with Crippen molar-refractivity contribution in [3.8, 4) is 5.75 Å². The summed E-state index contributed by atoms with van der Waals surface area (Å²) >= 11 is 0. The molecule has 3 amide bonds. The normalized spacial score (nSPS) is 28.3. The minimum Gasteiger partial charge on any atom is -0.497 e. The first kappa shape index (κ1) is 28.4. The molecular weight excluding hydrogens is 532 g/mol. The molecule has 5 atom stereocenters. The first-order valence-electron chi connectivity index (χ1n) is 15.0. The van der Waals surface area contributed by atoms with E-state index in [2.05, 4.69) is 27.7 Å². The Morgan fingerprint density at radius 1 is 1.07 bits per heavy atom. The number of amides is 3. The molecule has 3 heterocycles. The maximum absolute atomic E-state index is 14.2. The Kier molecular flexibility index (Phi) is 8.05. The lowest BCUT2D eigenvalue weighted by Crippen LogP contribution is -2.57. The van der Waals surface area contributed by atoms with Crippen LogP contribution in [-0.4, -0.2) is 78.6 Å². The van der Waals surface area contributed by atoms with Crippen molar-refractivity contribution in [2.75, 3.05) is 32.6 Å². The number of likely N-dealkylation sites (N-methyl/N-ethyl adjacent to an activating group) is 1. The van der Waals surface area contributed by atoms with Crippen LogP contribution in [0.3, 0.4) is 0 Å². The van der Waals surface area contributed by atoms with E-state index in [0.717, 1.165) is 32.2 Å². The number of fused-ring (bicyclic) bond motifs is 1. The molecule has 9 nitrogen and oxygen atoms in total. The van der Waals surface area contributed by atoms with Gasteiger partial charge in [-0.3, -0.25) is 14.4 Å². The summed E-state index contributed by atoms with van der Waals surface area (Å²) in [5.41, 5.74) is 0.583. The van der Waals surface area contributed by atoms with Gasteiger partial charge in [0.05, 0.1) is 25.0 Å². The molecule has 0 aromatic heterocycles. The molecule has 6 rings (SSSR count). The number of carbonyl (C=O) groups excluding carboxylic acids is 3. The van der Waals surface area contributed by atoms with Gasteiger partial charge in [-0.25, -0.2) is 0 Å². The Morgan fingerprint density at radius 2 is 1.86 bits per heavy atom. The second-order valence-electron chi connectivity index (χ2n) is 12.0. The molecule has 222 valence electrons. The topological polar surface area (TPSA) is 100 Å². The molecule has 1 spiro atoms. The van der Waals surface area contributed by atoms with Gasteiger partial charge in [0.25, 0.3) is 0 Å². The Hall–Kier alpha value is -3.69. The second-order valence-corrected chi connectivity index (χ2v) is 12.0. The molecule has 2 bridgehead atoms. The van der Waals surface area contributed by atoms with Gasteiger partial charge in [-0.05, 0) is 37.6 Å². The fraction of sp³-hybridized carbons (Fsp3) is 0.485. The summed E-state index contributed by atoms with van der Waals surface area (Å²) in [5.74, 6) is -1.60. The third-order valence-electron chi connectivity index (χ3n) is 9.23. The molecule has 9 heteroatoms. The molecule has 2 aromatic rings. The van der Waals surface area contributed by atoms with Gasteiger partial charge in [-0.2, -0.15) is 0 Å². The molecule has 1 aliphatic carbocycles. The first-order chi connectivity index (χ1) is 20.4. The van der Waals surface area contributed by atoms with Crippen LogP contribution in [-0.2, 0) is 25.7 Å². The number of anilines is 1. The van der Waals surface area contributed by atoms with E-state index >= 15 is 0 Å². The maximum atomic E-state index is 14.2. The van der Waals surface area contributed by atoms with Crippen molar-refractivity contribution in [3.63, 3.8) is 0 Å². The van der Waals surface area contributed by atoms with Crippen LogP contribution in [0.1, 0.15) is 37.7 Å². The van der Waals surface area contributed by atoms with Crippen LogP contribution in [0.15, 0.2) is 66.7 Å². The maximum Gasteiger partial charge on any atom is 0.246 e. The zero-order chi connectivity index (χ0) is 29.3. The number of rotatable bonds is 10. The second kappa shape index (κ2) is 11.9. The van der Waals surface area contributed by atoms with E-state index in [9.17, 15) is 14.4 Å². The molecule has 2 saturated heterocycles. The summed E-state index contributed by atoms with van der Waals surface area (Å²) in [4.78, 5) is 45.8. The number of ether oxygens (including phenoxy) is 2. The number of nitrogens with zero attached hydrogens (tertiary/aromatic N) is 2. The van der Waals surface area contributed by atoms with Crippen LogP contribution in [0.4, 0.5) is 5.69 Å². The summed E-state index contributed by atoms with van der Waals surface area (Å²) in [6, 6.07) is 16.5. The molecule has 0 unspecified atom stereocenters. The summed E-state index contributed by atoms with van der Waals surface area (Å²) in [7, 11) is 3.58. The molecule has 4 aliphatic rings. The van der Waals surface area contributed by atoms with Gasteiger partial charge < -0.3 is 29.9 Å². The van der Waals surface area contributed by atoms with E-state index < -0.39 is 29.6 Å². The summed E-state index contributed by atoms with van der Waals surface area (Å²) in [6.07, 6.45) is 8.37. The fourth-order valence-electron chi connectivity index (χ4n) is 7.21. The lowest BCUT2D eigenvalue weighted by Gasteiger charge is -2.34. The largest absolute Gasteiger partial charge is 0.497 e. The van der Waals surface area contributed by atoms with E-state index in [1.807, 2.05) is 37.4 Å². The van der Waals surface area contributed by atoms with Crippen molar-refractivity contribution in [2.45, 2.75) is 62.4 Å². The Balaban J connectivity index is 1.24. The summed E-state index contributed by atoms with van der Waals surface area (Å²) in [6.45, 7) is 1.65. The van der Waals surface area contributed by atoms with Gasteiger partial charge in [0, 0.05) is 37.4 Å². The highest BCUT2D eigenvalue weighted by atomic mass is 16.5. The molecule has 42 heavy (non-hydrogen) atoms. The van der Waals surface area contributed by atoms with E-state index in [1.165, 1.54) is 12.0 Å². The van der Waals surface area contributed by atoms with Crippen molar-refractivity contribution < 1.29 is 23.9 Å². The highest BCUT2D eigenvalue weighted by molar-refractivity contribution is 6.02. The number of benzene rings is 2. The quantitative estimate of drug-likeness (QED) is 0.424. The lowest BCUT2D eigenvalue weighted by atomic mass is 9.74. The average molecular weight is 573 g/mol. The van der Waals surface area contributed by atoms with Crippen LogP contribution < -0.4 is 15.4 Å². The highest BCUT2D eigenvalue weighted by Gasteiger charge is 2.72. The highest BCUT2D eigenvalue weighted by Crippen LogP contribution is 2.55. The van der Waals surface area contributed by atoms with Crippen molar-refractivity contribution in [3.05, 3.63) is 72.3 Å². The summed E-state index contributed by atoms with van der Waals surface area (Å²) in [5, 5.41) is 6.21. The fourth-order valence-corrected chi connectivity index (χ4v) is 7.21. The number of hydrogen-bond donors (Lipinski definition) is 2. The van der Waals surface area contributed by atoms with E-state index in [4.69, 9.17) is 9.47 Å². The van der Waals surface area contributed by atoms with E-state index in [-0.39, 0.29) is 23.8 Å². The minimum atomic E-state index is -1.17. The van der Waals surface area contributed by atoms with Gasteiger partial charge in [0.2, 0.25) is 17.7 Å². The van der Waals surface area contributed by atoms with Crippen LogP contribution in [0.5, 0.6) is 5.75 Å². The van der Waals surface area contributed by atoms with Crippen LogP contribution >= 0.6 is 0 Å². The monoisotopic (exact) mass is 572 g/mol. The van der Waals surface area contributed by atoms with Gasteiger partial charge in [-0.1, -0.05) is 67.8 Å². The van der Waals surface area contributed by atoms with Crippen molar-refractivity contribution in [1.29, 1.82) is 0 Å². The third-order valence-corrected chi connectivity index (χ3v) is 9.23. The van der Waals surface area contributed by atoms with Crippen LogP contribution in [0.2, 0.25) is 0 Å². The Morgan fingerprint density at radius 3 is 2.62 bits per heavy atom. The molecule has 2 aromatic carbocycles. The number of carbonyl (C=O) groups is 3. The van der Waals surface area contributed by atoms with Gasteiger partial charge >= 0.3 is 0 Å². The zero-order valence-electron chi connectivity index (χ0n) is 24.3. The van der Waals surface area contributed by atoms with E-state index in [1.54, 1.807) is 36.3 Å². The van der Waals surface area contributed by atoms with E-state index in [0.29, 0.717) is 24.5 Å². The molecule has 0 radical (unpaired) electrons. The SMILES string of the molecule is COc1cccc(NC(=O)[C@@H]2[C@@H]3C=C[C@]4(O3)[C@@H]2C(=O)N(CCN(C)Cc2ccccc2)[C@H]4C(=O)NC2CCCCC2)c1. The van der Waals surface area contributed by atoms with Crippen LogP contribution in [0.25, 0.3) is 0 Å². The van der Waals surface area contributed by atoms with Crippen molar-refractivity contribution in [2.24, 2.45) is 11.8 Å². The smallest absolute Gasteiger partial charge is 0.246 e. The van der Waals surface area contributed by atoms with Gasteiger partial charge in [0.15, 0.2) is 0 Å². The molecule has 2 N–H and O–H groups in total. The van der Waals surface area contributed by atoms with Crippen LogP contribution in [0, 0.1) is 11.8 Å². The predicted octanol–water partition coefficient (Wildman–Crippen LogP) is 3.37. The van der Waals surface area contributed by atoms with Crippen molar-refractivity contribution >= 4 is 23.4 Å². The van der Waals surface area contributed by atoms with Gasteiger partial charge in [0.1, 0.15) is 17.4 Å². The molecular formula is C33H40N4O5. The van der Waals surface area contributed by atoms with Gasteiger partial charge in [-0.15, -0.1) is 0 Å². The standard InChI is InChI=1S/C33H40N4O5/c1-36(21-22-10-5-3-6-11-22)18-19-37-29(31(39)34-23-12-7-4-8-13-23)33-17-16-26(42-33)27(28(33)32(37)40)30(38)35-24-14-9-15-25(20-24)41-2/h3,5-6,9-11,14-17,20,23,26-29H,4,7-8,12-13,18-19,21H2,1-2H3,(H,34,39)(H,35,38)/t26-,27+,28-,29-,33-/m0/s1. The number of methoxy groups -OCH3 is 1. The average Bonchev–Trinajstić information content (AvgIpc) is 3.64. The Labute approximate surface area is 247 Å². The zero-order valence-corrected chi connectivity index (χ0v) is 24.3. The molecule has 3 fully saturated rings. The summed E-state index contributed by atoms with van der Waals surface area (Å²) < 4.78 is 11.8. The number of likely N-dealkylation sites (tertiary alicyclic amines) is 1. The molecule has 1 saturated carbocycles. The third kappa shape index (κ3) is 5.31. The Bertz CT molecular complexity index is 1340. The number of nitrogens with one attached hydrogen (secondary N) is 2. The predicted molar refractivity (Wildman–Crippen MR) is 159 cm³/mol. The first-order valence-corrected chi connectivity index (χ1v) is 15.0. The van der Waals surface area contributed by atoms with Crippen molar-refractivity contribution in [1.82, 2.24) is 15.1 Å². The minimum absolute atomic E-state index is 0.0918. The number of hydrogen-bond acceptors (Lipinski definition) is 6.